The first-order chi connectivity index (χ1) is 11.3. The van der Waals surface area contributed by atoms with Gasteiger partial charge in [-0.1, -0.05) is 36.8 Å². The van der Waals surface area contributed by atoms with Crippen LogP contribution in [0.15, 0.2) is 48.5 Å². The Morgan fingerprint density at radius 1 is 0.957 bits per heavy atom. The van der Waals surface area contributed by atoms with E-state index in [0.717, 1.165) is 36.4 Å². The molecule has 3 nitrogen and oxygen atoms in total. The van der Waals surface area contributed by atoms with E-state index in [9.17, 15) is 4.39 Å². The fourth-order valence-corrected chi connectivity index (χ4v) is 2.96. The molecule has 0 aliphatic carbocycles. The van der Waals surface area contributed by atoms with E-state index in [0.29, 0.717) is 6.54 Å². The van der Waals surface area contributed by atoms with Crippen molar-refractivity contribution < 1.29 is 4.39 Å². The van der Waals surface area contributed by atoms with Crippen molar-refractivity contribution in [3.63, 3.8) is 0 Å². The summed E-state index contributed by atoms with van der Waals surface area (Å²) in [5.74, 6) is -0.102. The van der Waals surface area contributed by atoms with Gasteiger partial charge in [-0.15, -0.1) is 0 Å². The second-order valence-electron chi connectivity index (χ2n) is 6.11. The normalized spacial score (nSPS) is 15.5. The Morgan fingerprint density at radius 3 is 2.48 bits per heavy atom. The van der Waals surface area contributed by atoms with Gasteiger partial charge in [-0.2, -0.15) is 0 Å². The molecule has 4 heteroatoms. The minimum absolute atomic E-state index is 0.102. The topological polar surface area (TPSA) is 27.3 Å². The van der Waals surface area contributed by atoms with E-state index in [1.165, 1.54) is 19.3 Å². The fourth-order valence-electron chi connectivity index (χ4n) is 2.96. The summed E-state index contributed by atoms with van der Waals surface area (Å²) in [6.45, 7) is 3.48. The van der Waals surface area contributed by atoms with Crippen LogP contribution in [0, 0.1) is 5.82 Å². The minimum atomic E-state index is -0.102. The molecular weight excluding hydrogens is 289 g/mol. The first kappa shape index (κ1) is 16.0. The lowest BCUT2D eigenvalue weighted by Crippen LogP contribution is -2.29. The number of hydrogen-bond acceptors (Lipinski definition) is 3. The van der Waals surface area contributed by atoms with Crippen LogP contribution >= 0.6 is 0 Å². The summed E-state index contributed by atoms with van der Waals surface area (Å²) in [5.41, 5.74) is 8.96. The molecule has 0 bridgehead atoms. The van der Waals surface area contributed by atoms with E-state index >= 15 is 0 Å². The molecule has 2 aromatic rings. The van der Waals surface area contributed by atoms with Crippen molar-refractivity contribution in [3.8, 4) is 0 Å². The summed E-state index contributed by atoms with van der Waals surface area (Å²) in [4.78, 5) is 2.34. The number of rotatable bonds is 6. The third-order valence-electron chi connectivity index (χ3n) is 4.26. The zero-order valence-electron chi connectivity index (χ0n) is 13.4. The number of piperidine rings is 1. The number of halogens is 1. The highest BCUT2D eigenvalue weighted by Gasteiger charge is 2.12. The van der Waals surface area contributed by atoms with Crippen LogP contribution in [0.4, 0.5) is 10.1 Å². The molecule has 0 radical (unpaired) electrons. The zero-order valence-corrected chi connectivity index (χ0v) is 13.4. The average molecular weight is 313 g/mol. The maximum atomic E-state index is 14.3. The Balaban J connectivity index is 1.52. The molecule has 0 atom stereocenters. The van der Waals surface area contributed by atoms with Gasteiger partial charge in [0.2, 0.25) is 0 Å². The van der Waals surface area contributed by atoms with Crippen molar-refractivity contribution >= 4 is 5.69 Å². The first-order valence-electron chi connectivity index (χ1n) is 8.35. The predicted molar refractivity (Wildman–Crippen MR) is 92.4 cm³/mol. The molecule has 0 spiro atoms. The largest absolute Gasteiger partial charge is 0.321 e. The van der Waals surface area contributed by atoms with E-state index in [1.807, 2.05) is 42.5 Å². The smallest absolute Gasteiger partial charge is 0.128 e. The monoisotopic (exact) mass is 313 g/mol. The van der Waals surface area contributed by atoms with Crippen LogP contribution in [0.2, 0.25) is 0 Å². The number of nitrogens with one attached hydrogen (secondary N) is 2. The van der Waals surface area contributed by atoms with Crippen molar-refractivity contribution in [2.45, 2.75) is 32.4 Å². The van der Waals surface area contributed by atoms with E-state index < -0.39 is 0 Å². The molecule has 3 rings (SSSR count). The van der Waals surface area contributed by atoms with Gasteiger partial charge in [0, 0.05) is 24.3 Å². The lowest BCUT2D eigenvalue weighted by atomic mass is 10.1. The molecule has 122 valence electrons. The number of benzene rings is 2. The summed E-state index contributed by atoms with van der Waals surface area (Å²) < 4.78 is 14.3. The van der Waals surface area contributed by atoms with Gasteiger partial charge >= 0.3 is 0 Å². The summed E-state index contributed by atoms with van der Waals surface area (Å²) in [6, 6.07) is 15.4. The number of hydrazine groups is 1. The van der Waals surface area contributed by atoms with Crippen LogP contribution in [-0.2, 0) is 13.1 Å². The number of hydrogen-bond donors (Lipinski definition) is 2. The van der Waals surface area contributed by atoms with Crippen LogP contribution < -0.4 is 10.9 Å². The van der Waals surface area contributed by atoms with Crippen molar-refractivity contribution in [1.29, 1.82) is 0 Å². The maximum absolute atomic E-state index is 14.3. The standard InChI is InChI=1S/C19H24FN3/c20-19-13-16(14-21-22-18-7-3-1-4-8-18)9-10-17(19)15-23-11-5-2-6-12-23/h1,3-4,7-10,13,21-22H,2,5-6,11-12,14-15H2. The molecule has 0 aromatic heterocycles. The number of nitrogens with zero attached hydrogens (tertiary/aromatic N) is 1. The van der Waals surface area contributed by atoms with Gasteiger partial charge < -0.3 is 5.43 Å². The number of para-hydroxylation sites is 1. The molecule has 0 saturated carbocycles. The van der Waals surface area contributed by atoms with Gasteiger partial charge in [0.05, 0.1) is 0 Å². The maximum Gasteiger partial charge on any atom is 0.128 e. The molecule has 0 amide bonds. The molecule has 1 aliphatic rings. The third kappa shape index (κ3) is 4.78. The van der Waals surface area contributed by atoms with E-state index in [4.69, 9.17) is 0 Å². The van der Waals surface area contributed by atoms with Crippen LogP contribution in [0.5, 0.6) is 0 Å². The van der Waals surface area contributed by atoms with Gasteiger partial charge in [-0.3, -0.25) is 4.90 Å². The Hall–Kier alpha value is -1.91. The summed E-state index contributed by atoms with van der Waals surface area (Å²) >= 11 is 0. The summed E-state index contributed by atoms with van der Waals surface area (Å²) in [7, 11) is 0. The highest BCUT2D eigenvalue weighted by Crippen LogP contribution is 2.16. The number of likely N-dealkylation sites (tertiary alicyclic amines) is 1. The van der Waals surface area contributed by atoms with E-state index in [1.54, 1.807) is 6.07 Å². The average Bonchev–Trinajstić information content (AvgIpc) is 2.59. The Labute approximate surface area is 137 Å². The summed E-state index contributed by atoms with van der Waals surface area (Å²) in [5, 5.41) is 0. The lowest BCUT2D eigenvalue weighted by molar-refractivity contribution is 0.218. The van der Waals surface area contributed by atoms with Crippen LogP contribution in [0.25, 0.3) is 0 Å². The van der Waals surface area contributed by atoms with Gasteiger partial charge in [0.1, 0.15) is 5.82 Å². The molecule has 2 aromatic carbocycles. The molecule has 23 heavy (non-hydrogen) atoms. The highest BCUT2D eigenvalue weighted by atomic mass is 19.1. The fraction of sp³-hybridized carbons (Fsp3) is 0.368. The first-order valence-corrected chi connectivity index (χ1v) is 8.35. The SMILES string of the molecule is Fc1cc(CNNc2ccccc2)ccc1CN1CCCCC1. The lowest BCUT2D eigenvalue weighted by Gasteiger charge is -2.26. The van der Waals surface area contributed by atoms with Crippen LogP contribution in [0.3, 0.4) is 0 Å². The van der Waals surface area contributed by atoms with E-state index in [2.05, 4.69) is 15.8 Å². The Kier molecular flexibility index (Phi) is 5.61. The predicted octanol–water partition coefficient (Wildman–Crippen LogP) is 3.93. The molecule has 1 fully saturated rings. The molecule has 0 unspecified atom stereocenters. The second-order valence-corrected chi connectivity index (χ2v) is 6.11. The van der Waals surface area contributed by atoms with Gasteiger partial charge in [-0.25, -0.2) is 9.82 Å². The summed E-state index contributed by atoms with van der Waals surface area (Å²) in [6.07, 6.45) is 3.77. The molecule has 2 N–H and O–H groups in total. The molecule has 1 heterocycles. The van der Waals surface area contributed by atoms with Crippen molar-refractivity contribution in [2.75, 3.05) is 18.5 Å². The van der Waals surface area contributed by atoms with Crippen molar-refractivity contribution in [3.05, 3.63) is 65.5 Å². The van der Waals surface area contributed by atoms with Crippen LogP contribution in [-0.4, -0.2) is 18.0 Å². The van der Waals surface area contributed by atoms with Gasteiger partial charge in [-0.05, 0) is 49.7 Å². The number of anilines is 1. The van der Waals surface area contributed by atoms with Crippen LogP contribution in [0.1, 0.15) is 30.4 Å². The minimum Gasteiger partial charge on any atom is -0.321 e. The second kappa shape index (κ2) is 8.09. The van der Waals surface area contributed by atoms with Crippen molar-refractivity contribution in [2.24, 2.45) is 0 Å². The molecular formula is C19H24FN3. The van der Waals surface area contributed by atoms with Gasteiger partial charge in [0.25, 0.3) is 0 Å². The third-order valence-corrected chi connectivity index (χ3v) is 4.26. The van der Waals surface area contributed by atoms with Gasteiger partial charge in [0.15, 0.2) is 0 Å². The van der Waals surface area contributed by atoms with E-state index in [-0.39, 0.29) is 5.82 Å². The zero-order chi connectivity index (χ0) is 15.9. The molecule has 1 saturated heterocycles. The molecule has 1 aliphatic heterocycles. The quantitative estimate of drug-likeness (QED) is 0.791. The Bertz CT molecular complexity index is 609. The van der Waals surface area contributed by atoms with Crippen molar-refractivity contribution in [1.82, 2.24) is 10.3 Å². The highest BCUT2D eigenvalue weighted by molar-refractivity contribution is 5.41. The Morgan fingerprint density at radius 2 is 1.74 bits per heavy atom.